The average molecular weight is 196 g/mol. The first-order valence-corrected chi connectivity index (χ1v) is 4.63. The van der Waals surface area contributed by atoms with E-state index < -0.39 is 5.82 Å². The van der Waals surface area contributed by atoms with Crippen molar-refractivity contribution in [1.82, 2.24) is 0 Å². The summed E-state index contributed by atoms with van der Waals surface area (Å²) in [5.74, 6) is -0.200. The van der Waals surface area contributed by atoms with Gasteiger partial charge in [0.2, 0.25) is 0 Å². The van der Waals surface area contributed by atoms with Gasteiger partial charge < -0.3 is 4.74 Å². The standard InChI is InChI=1S/C11H13FO2/c1-3-9-8(7-13)5-6-10(11(9)12)14-4-2/h5-7H,3-4H2,1-2H3. The molecule has 0 saturated heterocycles. The van der Waals surface area contributed by atoms with Gasteiger partial charge in [-0.1, -0.05) is 6.92 Å². The van der Waals surface area contributed by atoms with Crippen molar-refractivity contribution in [1.29, 1.82) is 0 Å². The Balaban J connectivity index is 3.20. The molecule has 14 heavy (non-hydrogen) atoms. The van der Waals surface area contributed by atoms with Crippen LogP contribution in [0, 0.1) is 5.82 Å². The number of halogens is 1. The van der Waals surface area contributed by atoms with Crippen LogP contribution in [0.2, 0.25) is 0 Å². The number of benzene rings is 1. The van der Waals surface area contributed by atoms with Crippen LogP contribution in [0.5, 0.6) is 5.75 Å². The van der Waals surface area contributed by atoms with Crippen LogP contribution in [0.1, 0.15) is 29.8 Å². The summed E-state index contributed by atoms with van der Waals surface area (Å²) in [6.45, 7) is 4.01. The summed E-state index contributed by atoms with van der Waals surface area (Å²) in [7, 11) is 0. The minimum absolute atomic E-state index is 0.218. The zero-order chi connectivity index (χ0) is 10.6. The van der Waals surface area contributed by atoms with Gasteiger partial charge in [-0.15, -0.1) is 0 Å². The highest BCUT2D eigenvalue weighted by Crippen LogP contribution is 2.23. The van der Waals surface area contributed by atoms with Gasteiger partial charge in [-0.25, -0.2) is 4.39 Å². The monoisotopic (exact) mass is 196 g/mol. The molecule has 2 nitrogen and oxygen atoms in total. The molecule has 1 aromatic rings. The summed E-state index contributed by atoms with van der Waals surface area (Å²) in [6.07, 6.45) is 1.15. The second kappa shape index (κ2) is 4.74. The van der Waals surface area contributed by atoms with Gasteiger partial charge in [-0.2, -0.15) is 0 Å². The van der Waals surface area contributed by atoms with E-state index in [2.05, 4.69) is 0 Å². The number of hydrogen-bond acceptors (Lipinski definition) is 2. The fourth-order valence-corrected chi connectivity index (χ4v) is 1.35. The van der Waals surface area contributed by atoms with E-state index in [0.29, 0.717) is 30.4 Å². The highest BCUT2D eigenvalue weighted by Gasteiger charge is 2.11. The fraction of sp³-hybridized carbons (Fsp3) is 0.364. The molecule has 0 heterocycles. The minimum Gasteiger partial charge on any atom is -0.491 e. The van der Waals surface area contributed by atoms with Crippen LogP contribution in [-0.4, -0.2) is 12.9 Å². The number of rotatable bonds is 4. The maximum absolute atomic E-state index is 13.6. The van der Waals surface area contributed by atoms with Gasteiger partial charge in [0, 0.05) is 11.1 Å². The molecular formula is C11H13FO2. The molecule has 0 unspecified atom stereocenters. The summed E-state index contributed by atoms with van der Waals surface area (Å²) in [4.78, 5) is 10.6. The Labute approximate surface area is 82.7 Å². The van der Waals surface area contributed by atoms with Crippen LogP contribution in [-0.2, 0) is 6.42 Å². The highest BCUT2D eigenvalue weighted by molar-refractivity contribution is 5.77. The van der Waals surface area contributed by atoms with E-state index in [1.54, 1.807) is 19.9 Å². The zero-order valence-electron chi connectivity index (χ0n) is 8.34. The van der Waals surface area contributed by atoms with Crippen molar-refractivity contribution in [2.45, 2.75) is 20.3 Å². The van der Waals surface area contributed by atoms with Crippen molar-refractivity contribution >= 4 is 6.29 Å². The molecule has 0 atom stereocenters. The number of aldehydes is 1. The van der Waals surface area contributed by atoms with Crippen molar-refractivity contribution in [3.05, 3.63) is 29.1 Å². The Hall–Kier alpha value is -1.38. The molecule has 0 amide bonds. The summed E-state index contributed by atoms with van der Waals surface area (Å²) in [5, 5.41) is 0. The van der Waals surface area contributed by atoms with Crippen molar-refractivity contribution in [3.63, 3.8) is 0 Å². The molecule has 0 aliphatic rings. The summed E-state index contributed by atoms with van der Waals surface area (Å²) >= 11 is 0. The maximum Gasteiger partial charge on any atom is 0.168 e. The average Bonchev–Trinajstić information content (AvgIpc) is 2.21. The van der Waals surface area contributed by atoms with Gasteiger partial charge >= 0.3 is 0 Å². The molecule has 76 valence electrons. The smallest absolute Gasteiger partial charge is 0.168 e. The number of ether oxygens (including phenoxy) is 1. The predicted molar refractivity (Wildman–Crippen MR) is 52.3 cm³/mol. The molecule has 0 saturated carbocycles. The van der Waals surface area contributed by atoms with Crippen molar-refractivity contribution in [3.8, 4) is 5.75 Å². The Kier molecular flexibility index (Phi) is 3.63. The van der Waals surface area contributed by atoms with Gasteiger partial charge in [-0.3, -0.25) is 4.79 Å². The minimum atomic E-state index is -0.418. The topological polar surface area (TPSA) is 26.3 Å². The molecule has 0 spiro atoms. The number of carbonyl (C=O) groups is 1. The summed E-state index contributed by atoms with van der Waals surface area (Å²) in [5.41, 5.74) is 0.819. The van der Waals surface area contributed by atoms with Gasteiger partial charge in [0.15, 0.2) is 11.6 Å². The van der Waals surface area contributed by atoms with E-state index in [1.165, 1.54) is 6.07 Å². The fourth-order valence-electron chi connectivity index (χ4n) is 1.35. The van der Waals surface area contributed by atoms with Crippen LogP contribution in [0.25, 0.3) is 0 Å². The van der Waals surface area contributed by atoms with E-state index in [4.69, 9.17) is 4.74 Å². The van der Waals surface area contributed by atoms with Crippen LogP contribution in [0.15, 0.2) is 12.1 Å². The second-order valence-electron chi connectivity index (χ2n) is 2.85. The number of hydrogen-bond donors (Lipinski definition) is 0. The summed E-state index contributed by atoms with van der Waals surface area (Å²) in [6, 6.07) is 3.07. The lowest BCUT2D eigenvalue weighted by Crippen LogP contribution is -2.01. The molecule has 0 bridgehead atoms. The van der Waals surface area contributed by atoms with Gasteiger partial charge in [-0.05, 0) is 25.5 Å². The maximum atomic E-state index is 13.6. The van der Waals surface area contributed by atoms with Crippen molar-refractivity contribution in [2.75, 3.05) is 6.61 Å². The first-order chi connectivity index (χ1) is 6.74. The van der Waals surface area contributed by atoms with Crippen LogP contribution >= 0.6 is 0 Å². The quantitative estimate of drug-likeness (QED) is 0.692. The lowest BCUT2D eigenvalue weighted by molar-refractivity contribution is 0.112. The van der Waals surface area contributed by atoms with Crippen LogP contribution in [0.4, 0.5) is 4.39 Å². The van der Waals surface area contributed by atoms with Gasteiger partial charge in [0.1, 0.15) is 6.29 Å². The van der Waals surface area contributed by atoms with Crippen LogP contribution in [0.3, 0.4) is 0 Å². The normalized spacial score (nSPS) is 9.93. The lowest BCUT2D eigenvalue weighted by Gasteiger charge is -2.09. The Morgan fingerprint density at radius 1 is 1.43 bits per heavy atom. The first-order valence-electron chi connectivity index (χ1n) is 4.63. The summed E-state index contributed by atoms with van der Waals surface area (Å²) < 4.78 is 18.7. The molecule has 1 rings (SSSR count). The van der Waals surface area contributed by atoms with Gasteiger partial charge in [0.25, 0.3) is 0 Å². The highest BCUT2D eigenvalue weighted by atomic mass is 19.1. The molecule has 0 radical (unpaired) electrons. The van der Waals surface area contributed by atoms with Crippen molar-refractivity contribution < 1.29 is 13.9 Å². The first kappa shape index (κ1) is 10.7. The van der Waals surface area contributed by atoms with E-state index >= 15 is 0 Å². The second-order valence-corrected chi connectivity index (χ2v) is 2.85. The van der Waals surface area contributed by atoms with Crippen LogP contribution < -0.4 is 4.74 Å². The molecule has 0 N–H and O–H groups in total. The van der Waals surface area contributed by atoms with E-state index in [0.717, 1.165) is 0 Å². The lowest BCUT2D eigenvalue weighted by atomic mass is 10.1. The third-order valence-corrected chi connectivity index (χ3v) is 2.02. The molecule has 0 aliphatic heterocycles. The largest absolute Gasteiger partial charge is 0.491 e. The predicted octanol–water partition coefficient (Wildman–Crippen LogP) is 2.60. The molecule has 0 fully saturated rings. The third kappa shape index (κ3) is 1.92. The third-order valence-electron chi connectivity index (χ3n) is 2.02. The zero-order valence-corrected chi connectivity index (χ0v) is 8.34. The van der Waals surface area contributed by atoms with E-state index in [9.17, 15) is 9.18 Å². The van der Waals surface area contributed by atoms with E-state index in [-0.39, 0.29) is 5.75 Å². The molecule has 1 aromatic carbocycles. The van der Waals surface area contributed by atoms with Gasteiger partial charge in [0.05, 0.1) is 6.61 Å². The Bertz CT molecular complexity index is 334. The molecule has 3 heteroatoms. The Morgan fingerprint density at radius 3 is 2.64 bits per heavy atom. The SMILES string of the molecule is CCOc1ccc(C=O)c(CC)c1F. The molecular weight excluding hydrogens is 183 g/mol. The number of carbonyl (C=O) groups excluding carboxylic acids is 1. The van der Waals surface area contributed by atoms with Crippen molar-refractivity contribution in [2.24, 2.45) is 0 Å². The molecule has 0 aliphatic carbocycles. The Morgan fingerprint density at radius 2 is 2.14 bits per heavy atom. The van der Waals surface area contributed by atoms with E-state index in [1.807, 2.05) is 0 Å². The molecule has 0 aromatic heterocycles.